The molecule has 0 unspecified atom stereocenters. The van der Waals surface area contributed by atoms with Gasteiger partial charge in [0.25, 0.3) is 0 Å². The smallest absolute Gasteiger partial charge is 0.123 e. The normalized spacial score (nSPS) is 10.6. The highest BCUT2D eigenvalue weighted by Gasteiger charge is 2.03. The Morgan fingerprint density at radius 2 is 2.00 bits per heavy atom. The Morgan fingerprint density at radius 1 is 1.16 bits per heavy atom. The van der Waals surface area contributed by atoms with Crippen LogP contribution in [0.4, 0.5) is 0 Å². The van der Waals surface area contributed by atoms with E-state index in [1.807, 2.05) is 43.3 Å². The molecule has 0 aliphatic heterocycles. The van der Waals surface area contributed by atoms with Gasteiger partial charge in [-0.2, -0.15) is 0 Å². The molecule has 2 rings (SSSR count). The fraction of sp³-hybridized carbons (Fsp3) is 0.333. The van der Waals surface area contributed by atoms with Crippen LogP contribution in [-0.2, 0) is 13.1 Å². The fourth-order valence-electron chi connectivity index (χ4n) is 1.85. The summed E-state index contributed by atoms with van der Waals surface area (Å²) in [5.74, 6) is 2.65. The molecule has 1 aromatic carbocycles. The number of hydrogen-bond acceptors (Lipinski definition) is 4. The van der Waals surface area contributed by atoms with Crippen molar-refractivity contribution in [1.82, 2.24) is 5.32 Å². The lowest BCUT2D eigenvalue weighted by Gasteiger charge is -2.10. The van der Waals surface area contributed by atoms with Gasteiger partial charge in [-0.05, 0) is 25.1 Å². The highest BCUT2D eigenvalue weighted by molar-refractivity contribution is 5.33. The Hall–Kier alpha value is -1.78. The Balaban J connectivity index is 1.88. The first kappa shape index (κ1) is 13.6. The topological polar surface area (TPSA) is 54.6 Å². The van der Waals surface area contributed by atoms with Gasteiger partial charge in [-0.15, -0.1) is 0 Å². The Labute approximate surface area is 113 Å². The lowest BCUT2D eigenvalue weighted by atomic mass is 10.2. The Bertz CT molecular complexity index is 508. The van der Waals surface area contributed by atoms with Crippen LogP contribution >= 0.6 is 0 Å². The van der Waals surface area contributed by atoms with Crippen LogP contribution in [0.25, 0.3) is 0 Å². The van der Waals surface area contributed by atoms with E-state index in [0.717, 1.165) is 22.8 Å². The van der Waals surface area contributed by atoms with Crippen molar-refractivity contribution in [3.05, 3.63) is 53.5 Å². The molecule has 0 bridgehead atoms. The summed E-state index contributed by atoms with van der Waals surface area (Å²) in [5.41, 5.74) is 1.07. The van der Waals surface area contributed by atoms with E-state index in [1.54, 1.807) is 0 Å². The van der Waals surface area contributed by atoms with Crippen molar-refractivity contribution in [2.75, 3.05) is 13.2 Å². The number of aliphatic hydroxyl groups is 1. The first-order chi connectivity index (χ1) is 9.29. The Kier molecular flexibility index (Phi) is 5.01. The van der Waals surface area contributed by atoms with Gasteiger partial charge in [0.2, 0.25) is 0 Å². The number of nitrogens with one attached hydrogen (secondary N) is 1. The monoisotopic (exact) mass is 261 g/mol. The van der Waals surface area contributed by atoms with Crippen molar-refractivity contribution in [3.63, 3.8) is 0 Å². The van der Waals surface area contributed by atoms with E-state index in [9.17, 15) is 0 Å². The zero-order valence-corrected chi connectivity index (χ0v) is 11.1. The van der Waals surface area contributed by atoms with Crippen LogP contribution in [0.3, 0.4) is 0 Å². The lowest BCUT2D eigenvalue weighted by molar-refractivity contribution is 0.200. The standard InChI is InChI=1S/C15H19NO3/c1-12-6-7-14(19-12)11-16-10-13-4-2-3-5-15(13)18-9-8-17/h2-7,16-17H,8-11H2,1H3. The van der Waals surface area contributed by atoms with Crippen LogP contribution in [0.15, 0.2) is 40.8 Å². The number of rotatable bonds is 7. The zero-order chi connectivity index (χ0) is 13.5. The predicted molar refractivity (Wildman–Crippen MR) is 73.0 cm³/mol. The third-order valence-corrected chi connectivity index (χ3v) is 2.73. The first-order valence-corrected chi connectivity index (χ1v) is 6.37. The molecule has 0 aliphatic rings. The van der Waals surface area contributed by atoms with E-state index >= 15 is 0 Å². The van der Waals surface area contributed by atoms with Crippen LogP contribution in [0, 0.1) is 6.92 Å². The summed E-state index contributed by atoms with van der Waals surface area (Å²) in [6, 6.07) is 11.7. The molecule has 4 nitrogen and oxygen atoms in total. The van der Waals surface area contributed by atoms with Crippen LogP contribution < -0.4 is 10.1 Å². The minimum absolute atomic E-state index is 0.0213. The average molecular weight is 261 g/mol. The SMILES string of the molecule is Cc1ccc(CNCc2ccccc2OCCO)o1. The van der Waals surface area contributed by atoms with Gasteiger partial charge in [0.15, 0.2) is 0 Å². The van der Waals surface area contributed by atoms with E-state index in [1.165, 1.54) is 0 Å². The van der Waals surface area contributed by atoms with E-state index in [-0.39, 0.29) is 6.61 Å². The summed E-state index contributed by atoms with van der Waals surface area (Å²) in [6.07, 6.45) is 0. The largest absolute Gasteiger partial charge is 0.491 e. The second-order valence-corrected chi connectivity index (χ2v) is 4.30. The molecule has 2 aromatic rings. The van der Waals surface area contributed by atoms with E-state index in [2.05, 4.69) is 5.32 Å². The van der Waals surface area contributed by atoms with Crippen molar-refractivity contribution in [1.29, 1.82) is 0 Å². The Morgan fingerprint density at radius 3 is 2.74 bits per heavy atom. The summed E-state index contributed by atoms with van der Waals surface area (Å²) < 4.78 is 11.0. The third kappa shape index (κ3) is 4.12. The number of hydrogen-bond donors (Lipinski definition) is 2. The van der Waals surface area contributed by atoms with Gasteiger partial charge in [0.05, 0.1) is 13.2 Å². The third-order valence-electron chi connectivity index (χ3n) is 2.73. The van der Waals surface area contributed by atoms with Crippen LogP contribution in [0.1, 0.15) is 17.1 Å². The van der Waals surface area contributed by atoms with Crippen LogP contribution in [0.5, 0.6) is 5.75 Å². The molecule has 102 valence electrons. The van der Waals surface area contributed by atoms with Gasteiger partial charge in [0, 0.05) is 12.1 Å². The molecule has 1 heterocycles. The fourth-order valence-corrected chi connectivity index (χ4v) is 1.85. The number of furan rings is 1. The molecular weight excluding hydrogens is 242 g/mol. The number of benzene rings is 1. The molecule has 0 atom stereocenters. The number of aryl methyl sites for hydroxylation is 1. The number of ether oxygens (including phenoxy) is 1. The minimum Gasteiger partial charge on any atom is -0.491 e. The van der Waals surface area contributed by atoms with E-state index < -0.39 is 0 Å². The average Bonchev–Trinajstić information content (AvgIpc) is 2.83. The predicted octanol–water partition coefficient (Wildman–Crippen LogP) is 2.25. The molecule has 1 aromatic heterocycles. The maximum absolute atomic E-state index is 8.79. The van der Waals surface area contributed by atoms with Crippen molar-refractivity contribution in [2.45, 2.75) is 20.0 Å². The van der Waals surface area contributed by atoms with Crippen molar-refractivity contribution in [2.24, 2.45) is 0 Å². The van der Waals surface area contributed by atoms with E-state index in [4.69, 9.17) is 14.3 Å². The maximum Gasteiger partial charge on any atom is 0.123 e. The number of aliphatic hydroxyl groups excluding tert-OH is 1. The molecule has 0 aliphatic carbocycles. The second kappa shape index (κ2) is 6.97. The van der Waals surface area contributed by atoms with Gasteiger partial charge < -0.3 is 19.6 Å². The summed E-state index contributed by atoms with van der Waals surface area (Å²) in [6.45, 7) is 3.65. The molecule has 0 fully saturated rings. The highest BCUT2D eigenvalue weighted by atomic mass is 16.5. The van der Waals surface area contributed by atoms with Gasteiger partial charge >= 0.3 is 0 Å². The lowest BCUT2D eigenvalue weighted by Crippen LogP contribution is -2.13. The molecule has 0 saturated heterocycles. The van der Waals surface area contributed by atoms with Gasteiger partial charge in [-0.3, -0.25) is 0 Å². The first-order valence-electron chi connectivity index (χ1n) is 6.37. The highest BCUT2D eigenvalue weighted by Crippen LogP contribution is 2.17. The number of para-hydroxylation sites is 1. The van der Waals surface area contributed by atoms with Gasteiger partial charge in [-0.1, -0.05) is 18.2 Å². The summed E-state index contributed by atoms with van der Waals surface area (Å²) in [7, 11) is 0. The van der Waals surface area contributed by atoms with E-state index in [0.29, 0.717) is 19.7 Å². The quantitative estimate of drug-likeness (QED) is 0.802. The minimum atomic E-state index is 0.0213. The van der Waals surface area contributed by atoms with Crippen molar-refractivity contribution in [3.8, 4) is 5.75 Å². The second-order valence-electron chi connectivity index (χ2n) is 4.30. The van der Waals surface area contributed by atoms with Gasteiger partial charge in [-0.25, -0.2) is 0 Å². The van der Waals surface area contributed by atoms with Crippen LogP contribution in [-0.4, -0.2) is 18.3 Å². The molecule has 0 amide bonds. The van der Waals surface area contributed by atoms with Crippen LogP contribution in [0.2, 0.25) is 0 Å². The molecule has 0 saturated carbocycles. The zero-order valence-electron chi connectivity index (χ0n) is 11.1. The maximum atomic E-state index is 8.79. The summed E-state index contributed by atoms with van der Waals surface area (Å²) >= 11 is 0. The molecule has 4 heteroatoms. The van der Waals surface area contributed by atoms with Crippen molar-refractivity contribution >= 4 is 0 Å². The summed E-state index contributed by atoms with van der Waals surface area (Å²) in [4.78, 5) is 0. The van der Waals surface area contributed by atoms with Gasteiger partial charge in [0.1, 0.15) is 23.9 Å². The molecule has 2 N–H and O–H groups in total. The molecule has 19 heavy (non-hydrogen) atoms. The molecular formula is C15H19NO3. The molecule has 0 spiro atoms. The van der Waals surface area contributed by atoms with Crippen molar-refractivity contribution < 1.29 is 14.3 Å². The summed E-state index contributed by atoms with van der Waals surface area (Å²) in [5, 5.41) is 12.1. The molecule has 0 radical (unpaired) electrons.